The van der Waals surface area contributed by atoms with Gasteiger partial charge in [-0.25, -0.2) is 9.37 Å². The molecule has 1 aromatic carbocycles. The predicted octanol–water partition coefficient (Wildman–Crippen LogP) is 4.05. The molecule has 0 unspecified atom stereocenters. The van der Waals surface area contributed by atoms with E-state index in [4.69, 9.17) is 9.47 Å². The van der Waals surface area contributed by atoms with Crippen LogP contribution in [-0.2, 0) is 13.2 Å². The molecule has 0 amide bonds. The number of halogens is 1. The quantitative estimate of drug-likeness (QED) is 0.457. The molecule has 0 saturated carbocycles. The van der Waals surface area contributed by atoms with E-state index < -0.39 is 4.92 Å². The van der Waals surface area contributed by atoms with E-state index in [-0.39, 0.29) is 30.6 Å². The number of hydrogen-bond acceptors (Lipinski definition) is 7. The zero-order valence-electron chi connectivity index (χ0n) is 13.7. The van der Waals surface area contributed by atoms with Crippen molar-refractivity contribution >= 4 is 17.2 Å². The summed E-state index contributed by atoms with van der Waals surface area (Å²) >= 11 is 1.38. The van der Waals surface area contributed by atoms with Crippen LogP contribution >= 0.6 is 11.3 Å². The van der Waals surface area contributed by atoms with Gasteiger partial charge in [-0.1, -0.05) is 0 Å². The lowest BCUT2D eigenvalue weighted by Gasteiger charge is -2.05. The summed E-state index contributed by atoms with van der Waals surface area (Å²) in [5.41, 5.74) is 1.17. The number of thiazole rings is 1. The van der Waals surface area contributed by atoms with Gasteiger partial charge in [0.05, 0.1) is 5.69 Å². The summed E-state index contributed by atoms with van der Waals surface area (Å²) in [5.74, 6) is -0.00992. The number of rotatable bonds is 7. The van der Waals surface area contributed by atoms with Crippen molar-refractivity contribution in [2.24, 2.45) is 0 Å². The number of aromatic nitrogens is 2. The molecule has 0 fully saturated rings. The van der Waals surface area contributed by atoms with E-state index in [0.717, 1.165) is 0 Å². The summed E-state index contributed by atoms with van der Waals surface area (Å²) in [4.78, 5) is 18.7. The summed E-state index contributed by atoms with van der Waals surface area (Å²) in [6.07, 6.45) is 0. The zero-order valence-corrected chi connectivity index (χ0v) is 14.5. The Labute approximate surface area is 152 Å². The van der Waals surface area contributed by atoms with Crippen LogP contribution in [-0.4, -0.2) is 14.9 Å². The van der Waals surface area contributed by atoms with E-state index in [1.54, 1.807) is 18.4 Å². The molecule has 3 aromatic rings. The fourth-order valence-electron chi connectivity index (χ4n) is 2.08. The molecule has 3 rings (SSSR count). The molecule has 2 aromatic heterocycles. The van der Waals surface area contributed by atoms with Gasteiger partial charge in [0, 0.05) is 12.3 Å². The maximum Gasteiger partial charge on any atom is 0.406 e. The number of nitrogens with zero attached hydrogens (tertiary/aromatic N) is 3. The number of ether oxygens (including phenoxy) is 2. The lowest BCUT2D eigenvalue weighted by Crippen LogP contribution is -2.02. The second-order valence-corrected chi connectivity index (χ2v) is 6.24. The number of pyridine rings is 1. The van der Waals surface area contributed by atoms with Gasteiger partial charge < -0.3 is 19.6 Å². The molecule has 9 heteroatoms. The maximum absolute atomic E-state index is 12.9. The van der Waals surface area contributed by atoms with Crippen LogP contribution in [0.3, 0.4) is 0 Å². The minimum absolute atomic E-state index is 0.0820. The highest BCUT2D eigenvalue weighted by Gasteiger charge is 2.18. The highest BCUT2D eigenvalue weighted by molar-refractivity contribution is 7.09. The summed E-state index contributed by atoms with van der Waals surface area (Å²) in [5, 5.41) is 13.5. The Hall–Kier alpha value is -3.07. The van der Waals surface area contributed by atoms with Gasteiger partial charge in [0.1, 0.15) is 35.5 Å². The molecule has 7 nitrogen and oxygen atoms in total. The monoisotopic (exact) mass is 375 g/mol. The first-order valence-electron chi connectivity index (χ1n) is 7.58. The third-order valence-electron chi connectivity index (χ3n) is 3.30. The van der Waals surface area contributed by atoms with Gasteiger partial charge in [-0.3, -0.25) is 0 Å². The van der Waals surface area contributed by atoms with E-state index in [9.17, 15) is 14.5 Å². The van der Waals surface area contributed by atoms with Gasteiger partial charge >= 0.3 is 5.82 Å². The third-order valence-corrected chi connectivity index (χ3v) is 4.17. The minimum atomic E-state index is -0.578. The fourth-order valence-corrected chi connectivity index (χ4v) is 2.77. The van der Waals surface area contributed by atoms with E-state index in [1.807, 2.05) is 0 Å². The van der Waals surface area contributed by atoms with Crippen LogP contribution in [0.25, 0.3) is 0 Å². The Balaban J connectivity index is 1.59. The molecule has 0 atom stereocenters. The summed E-state index contributed by atoms with van der Waals surface area (Å²) in [6.45, 7) is 1.99. The Morgan fingerprint density at radius 1 is 1.12 bits per heavy atom. The highest BCUT2D eigenvalue weighted by atomic mass is 32.1. The topological polar surface area (TPSA) is 87.4 Å². The van der Waals surface area contributed by atoms with Crippen LogP contribution in [0, 0.1) is 22.9 Å². The Bertz CT molecular complexity index is 915. The molecule has 0 spiro atoms. The molecular formula is C17H14FN3O4S. The molecule has 0 aliphatic heterocycles. The van der Waals surface area contributed by atoms with Crippen molar-refractivity contribution in [2.45, 2.75) is 20.1 Å². The molecule has 26 heavy (non-hydrogen) atoms. The average molecular weight is 375 g/mol. The molecule has 0 aliphatic carbocycles. The molecule has 134 valence electrons. The van der Waals surface area contributed by atoms with Crippen LogP contribution in [0.4, 0.5) is 10.2 Å². The van der Waals surface area contributed by atoms with E-state index in [1.165, 1.54) is 41.7 Å². The summed E-state index contributed by atoms with van der Waals surface area (Å²) in [7, 11) is 0. The second kappa shape index (κ2) is 7.87. The molecular weight excluding hydrogens is 361 g/mol. The van der Waals surface area contributed by atoms with Gasteiger partial charge in [-0.15, -0.1) is 11.3 Å². The molecule has 2 heterocycles. The molecule has 0 radical (unpaired) electrons. The SMILES string of the molecule is Cc1ccc(OCc2csc(COc3ccc(F)cc3)n2)c([N+](=O)[O-])n1. The first kappa shape index (κ1) is 17.7. The van der Waals surface area contributed by atoms with Gasteiger partial charge in [-0.05, 0) is 46.3 Å². The van der Waals surface area contributed by atoms with Crippen molar-refractivity contribution in [3.05, 3.63) is 74.1 Å². The first-order chi connectivity index (χ1) is 12.5. The second-order valence-electron chi connectivity index (χ2n) is 5.30. The Morgan fingerprint density at radius 2 is 1.88 bits per heavy atom. The average Bonchev–Trinajstić information content (AvgIpc) is 3.08. The highest BCUT2D eigenvalue weighted by Crippen LogP contribution is 2.25. The van der Waals surface area contributed by atoms with Crippen molar-refractivity contribution in [2.75, 3.05) is 0 Å². The lowest BCUT2D eigenvalue weighted by molar-refractivity contribution is -0.390. The predicted molar refractivity (Wildman–Crippen MR) is 92.8 cm³/mol. The minimum Gasteiger partial charge on any atom is -0.486 e. The van der Waals surface area contributed by atoms with Gasteiger partial charge in [0.15, 0.2) is 0 Å². The van der Waals surface area contributed by atoms with Gasteiger partial charge in [0.2, 0.25) is 5.75 Å². The number of hydrogen-bond donors (Lipinski definition) is 0. The van der Waals surface area contributed by atoms with Crippen LogP contribution in [0.1, 0.15) is 16.4 Å². The zero-order chi connectivity index (χ0) is 18.5. The summed E-state index contributed by atoms with van der Waals surface area (Å²) in [6, 6.07) is 8.88. The molecule has 0 aliphatic rings. The van der Waals surface area contributed by atoms with Crippen molar-refractivity contribution < 1.29 is 18.8 Å². The van der Waals surface area contributed by atoms with Gasteiger partial charge in [0.25, 0.3) is 0 Å². The van der Waals surface area contributed by atoms with Gasteiger partial charge in [-0.2, -0.15) is 0 Å². The van der Waals surface area contributed by atoms with Crippen LogP contribution in [0.2, 0.25) is 0 Å². The van der Waals surface area contributed by atoms with Crippen LogP contribution < -0.4 is 9.47 Å². The standard InChI is InChI=1S/C17H14FN3O4S/c1-11-2-7-15(17(19-11)21(22)23)25-8-13-10-26-16(20-13)9-24-14-5-3-12(18)4-6-14/h2-7,10H,8-9H2,1H3. The largest absolute Gasteiger partial charge is 0.486 e. The smallest absolute Gasteiger partial charge is 0.406 e. The number of nitro groups is 1. The van der Waals surface area contributed by atoms with Crippen LogP contribution in [0.15, 0.2) is 41.8 Å². The summed E-state index contributed by atoms with van der Waals surface area (Å²) < 4.78 is 23.9. The normalized spacial score (nSPS) is 10.5. The van der Waals surface area contributed by atoms with Crippen molar-refractivity contribution in [1.29, 1.82) is 0 Å². The molecule has 0 saturated heterocycles. The number of benzene rings is 1. The lowest BCUT2D eigenvalue weighted by atomic mass is 10.3. The maximum atomic E-state index is 12.9. The van der Waals surface area contributed by atoms with Crippen LogP contribution in [0.5, 0.6) is 11.5 Å². The Morgan fingerprint density at radius 3 is 2.62 bits per heavy atom. The molecule has 0 bridgehead atoms. The molecule has 0 N–H and O–H groups in total. The fraction of sp³-hybridized carbons (Fsp3) is 0.176. The first-order valence-corrected chi connectivity index (χ1v) is 8.46. The van der Waals surface area contributed by atoms with E-state index >= 15 is 0 Å². The van der Waals surface area contributed by atoms with Crippen molar-refractivity contribution in [3.63, 3.8) is 0 Å². The van der Waals surface area contributed by atoms with E-state index in [0.29, 0.717) is 22.1 Å². The van der Waals surface area contributed by atoms with E-state index in [2.05, 4.69) is 9.97 Å². The Kier molecular flexibility index (Phi) is 5.37. The third kappa shape index (κ3) is 4.51. The number of aryl methyl sites for hydroxylation is 1. The van der Waals surface area contributed by atoms with Crippen molar-refractivity contribution in [1.82, 2.24) is 9.97 Å². The van der Waals surface area contributed by atoms with Crippen molar-refractivity contribution in [3.8, 4) is 11.5 Å².